The van der Waals surface area contributed by atoms with Crippen molar-refractivity contribution in [1.29, 1.82) is 0 Å². The van der Waals surface area contributed by atoms with Gasteiger partial charge in [-0.25, -0.2) is 9.97 Å². The van der Waals surface area contributed by atoms with Crippen LogP contribution < -0.4 is 10.2 Å². The maximum absolute atomic E-state index is 4.44. The lowest BCUT2D eigenvalue weighted by molar-refractivity contribution is 0.247. The second kappa shape index (κ2) is 5.63. The Kier molecular flexibility index (Phi) is 3.88. The standard InChI is InChI=1S/C13H20BrN5/c1-2-15-12-11(14)13(17-9-16-12)19-7-5-18(6-8-19)10-3-4-10/h9-10H,2-8H2,1H3,(H,15,16,17). The van der Waals surface area contributed by atoms with Gasteiger partial charge in [0, 0.05) is 38.8 Å². The summed E-state index contributed by atoms with van der Waals surface area (Å²) in [7, 11) is 0. The third-order valence-electron chi connectivity index (χ3n) is 3.79. The minimum atomic E-state index is 0.866. The van der Waals surface area contributed by atoms with Crippen molar-refractivity contribution in [3.8, 4) is 0 Å². The van der Waals surface area contributed by atoms with E-state index in [1.54, 1.807) is 6.33 Å². The summed E-state index contributed by atoms with van der Waals surface area (Å²) in [5.41, 5.74) is 0. The summed E-state index contributed by atoms with van der Waals surface area (Å²) in [4.78, 5) is 13.7. The fourth-order valence-corrected chi connectivity index (χ4v) is 3.21. The molecule has 2 aliphatic rings. The molecule has 0 radical (unpaired) electrons. The number of anilines is 2. The van der Waals surface area contributed by atoms with E-state index in [1.165, 1.54) is 12.8 Å². The van der Waals surface area contributed by atoms with Crippen LogP contribution in [0.5, 0.6) is 0 Å². The molecular formula is C13H20BrN5. The van der Waals surface area contributed by atoms with Gasteiger partial charge in [0.25, 0.3) is 0 Å². The molecule has 0 bridgehead atoms. The van der Waals surface area contributed by atoms with E-state index in [0.29, 0.717) is 0 Å². The highest BCUT2D eigenvalue weighted by atomic mass is 79.9. The molecule has 0 unspecified atom stereocenters. The monoisotopic (exact) mass is 325 g/mol. The summed E-state index contributed by atoms with van der Waals surface area (Å²) in [5.74, 6) is 1.90. The first kappa shape index (κ1) is 13.1. The van der Waals surface area contributed by atoms with Gasteiger partial charge in [-0.05, 0) is 35.7 Å². The molecule has 19 heavy (non-hydrogen) atoms. The van der Waals surface area contributed by atoms with Gasteiger partial charge >= 0.3 is 0 Å². The van der Waals surface area contributed by atoms with E-state index in [1.807, 2.05) is 0 Å². The number of nitrogens with one attached hydrogen (secondary N) is 1. The van der Waals surface area contributed by atoms with Gasteiger partial charge in [-0.2, -0.15) is 0 Å². The molecule has 0 atom stereocenters. The van der Waals surface area contributed by atoms with Crippen LogP contribution in [0.3, 0.4) is 0 Å². The van der Waals surface area contributed by atoms with Crippen LogP contribution in [0.2, 0.25) is 0 Å². The second-order valence-corrected chi connectivity index (χ2v) is 5.94. The quantitative estimate of drug-likeness (QED) is 0.916. The Morgan fingerprint density at radius 2 is 2.00 bits per heavy atom. The Morgan fingerprint density at radius 1 is 1.26 bits per heavy atom. The van der Waals surface area contributed by atoms with Gasteiger partial charge in [0.15, 0.2) is 0 Å². The summed E-state index contributed by atoms with van der Waals surface area (Å²) in [6.07, 6.45) is 4.43. The molecule has 0 aromatic carbocycles. The van der Waals surface area contributed by atoms with Crippen molar-refractivity contribution in [1.82, 2.24) is 14.9 Å². The van der Waals surface area contributed by atoms with Crippen molar-refractivity contribution in [3.63, 3.8) is 0 Å². The van der Waals surface area contributed by atoms with Gasteiger partial charge in [0.1, 0.15) is 22.4 Å². The fraction of sp³-hybridized carbons (Fsp3) is 0.692. The van der Waals surface area contributed by atoms with Crippen molar-refractivity contribution in [2.45, 2.75) is 25.8 Å². The number of aromatic nitrogens is 2. The molecule has 0 spiro atoms. The maximum atomic E-state index is 4.44. The Morgan fingerprint density at radius 3 is 2.63 bits per heavy atom. The van der Waals surface area contributed by atoms with Crippen LogP contribution in [-0.2, 0) is 0 Å². The first-order valence-corrected chi connectivity index (χ1v) is 7.82. The molecule has 1 aliphatic carbocycles. The predicted octanol–water partition coefficient (Wildman–Crippen LogP) is 1.96. The molecule has 104 valence electrons. The Labute approximate surface area is 122 Å². The second-order valence-electron chi connectivity index (χ2n) is 5.14. The average Bonchev–Trinajstić information content (AvgIpc) is 3.26. The predicted molar refractivity (Wildman–Crippen MR) is 80.7 cm³/mol. The summed E-state index contributed by atoms with van der Waals surface area (Å²) in [6.45, 7) is 7.35. The third-order valence-corrected chi connectivity index (χ3v) is 4.52. The molecule has 1 aromatic heterocycles. The van der Waals surface area contributed by atoms with E-state index in [9.17, 15) is 0 Å². The zero-order chi connectivity index (χ0) is 13.2. The third kappa shape index (κ3) is 2.84. The van der Waals surface area contributed by atoms with Crippen molar-refractivity contribution in [2.24, 2.45) is 0 Å². The maximum Gasteiger partial charge on any atom is 0.148 e. The average molecular weight is 326 g/mol. The SMILES string of the molecule is CCNc1ncnc(N2CCN(C3CC3)CC2)c1Br. The summed E-state index contributed by atoms with van der Waals surface area (Å²) >= 11 is 3.63. The molecule has 2 fully saturated rings. The molecule has 5 nitrogen and oxygen atoms in total. The van der Waals surface area contributed by atoms with Gasteiger partial charge in [-0.1, -0.05) is 0 Å². The van der Waals surface area contributed by atoms with Gasteiger partial charge < -0.3 is 10.2 Å². The number of rotatable bonds is 4. The number of piperazine rings is 1. The minimum Gasteiger partial charge on any atom is -0.369 e. The highest BCUT2D eigenvalue weighted by Gasteiger charge is 2.31. The highest BCUT2D eigenvalue weighted by Crippen LogP contribution is 2.32. The molecule has 1 aliphatic heterocycles. The lowest BCUT2D eigenvalue weighted by Crippen LogP contribution is -2.47. The van der Waals surface area contributed by atoms with E-state index >= 15 is 0 Å². The van der Waals surface area contributed by atoms with Crippen LogP contribution in [0.15, 0.2) is 10.8 Å². The van der Waals surface area contributed by atoms with Crippen LogP contribution in [0.1, 0.15) is 19.8 Å². The molecular weight excluding hydrogens is 306 g/mol. The Hall–Kier alpha value is -0.880. The van der Waals surface area contributed by atoms with E-state index in [4.69, 9.17) is 0 Å². The van der Waals surface area contributed by atoms with E-state index in [-0.39, 0.29) is 0 Å². The van der Waals surface area contributed by atoms with E-state index in [0.717, 1.165) is 54.9 Å². The molecule has 6 heteroatoms. The van der Waals surface area contributed by atoms with Crippen molar-refractivity contribution in [3.05, 3.63) is 10.8 Å². The number of nitrogens with zero attached hydrogens (tertiary/aromatic N) is 4. The molecule has 3 rings (SSSR count). The van der Waals surface area contributed by atoms with Gasteiger partial charge in [0.2, 0.25) is 0 Å². The van der Waals surface area contributed by atoms with E-state index < -0.39 is 0 Å². The van der Waals surface area contributed by atoms with E-state index in [2.05, 4.69) is 47.9 Å². The first-order valence-electron chi connectivity index (χ1n) is 7.03. The smallest absolute Gasteiger partial charge is 0.148 e. The molecule has 2 heterocycles. The zero-order valence-corrected chi connectivity index (χ0v) is 12.9. The van der Waals surface area contributed by atoms with Crippen LogP contribution in [0, 0.1) is 0 Å². The van der Waals surface area contributed by atoms with Crippen LogP contribution in [-0.4, -0.2) is 53.6 Å². The van der Waals surface area contributed by atoms with Crippen LogP contribution >= 0.6 is 15.9 Å². The molecule has 0 amide bonds. The lowest BCUT2D eigenvalue weighted by atomic mass is 10.3. The Bertz CT molecular complexity index is 441. The molecule has 1 saturated carbocycles. The number of hydrogen-bond donors (Lipinski definition) is 1. The normalized spacial score (nSPS) is 20.6. The largest absolute Gasteiger partial charge is 0.369 e. The first-order chi connectivity index (χ1) is 9.29. The minimum absolute atomic E-state index is 0.866. The molecule has 1 N–H and O–H groups in total. The topological polar surface area (TPSA) is 44.3 Å². The van der Waals surface area contributed by atoms with Crippen molar-refractivity contribution < 1.29 is 0 Å². The fourth-order valence-electron chi connectivity index (χ4n) is 2.61. The van der Waals surface area contributed by atoms with Gasteiger partial charge in [-0.3, -0.25) is 4.90 Å². The summed E-state index contributed by atoms with van der Waals surface area (Å²) in [6, 6.07) is 0.869. The molecule has 1 saturated heterocycles. The summed E-state index contributed by atoms with van der Waals surface area (Å²) in [5, 5.41) is 3.26. The Balaban J connectivity index is 1.70. The molecule has 1 aromatic rings. The number of hydrogen-bond acceptors (Lipinski definition) is 5. The van der Waals surface area contributed by atoms with Crippen molar-refractivity contribution in [2.75, 3.05) is 42.9 Å². The number of halogens is 1. The van der Waals surface area contributed by atoms with Gasteiger partial charge in [-0.15, -0.1) is 0 Å². The van der Waals surface area contributed by atoms with Crippen LogP contribution in [0.4, 0.5) is 11.6 Å². The lowest BCUT2D eigenvalue weighted by Gasteiger charge is -2.35. The zero-order valence-electron chi connectivity index (χ0n) is 11.3. The van der Waals surface area contributed by atoms with Crippen LogP contribution in [0.25, 0.3) is 0 Å². The summed E-state index contributed by atoms with van der Waals surface area (Å²) < 4.78 is 0.983. The van der Waals surface area contributed by atoms with Gasteiger partial charge in [0.05, 0.1) is 0 Å². The van der Waals surface area contributed by atoms with Crippen molar-refractivity contribution >= 4 is 27.6 Å². The highest BCUT2D eigenvalue weighted by molar-refractivity contribution is 9.10.